The molecular weight excluding hydrogens is 112 g/mol. The van der Waals surface area contributed by atoms with E-state index in [0.29, 0.717) is 11.7 Å². The summed E-state index contributed by atoms with van der Waals surface area (Å²) in [6.45, 7) is 0. The van der Waals surface area contributed by atoms with E-state index in [1.807, 2.05) is 0 Å². The maximum absolute atomic E-state index is 11.1. The summed E-state index contributed by atoms with van der Waals surface area (Å²) < 4.78 is 0. The molecule has 0 spiro atoms. The van der Waals surface area contributed by atoms with Gasteiger partial charge >= 0.3 is 0 Å². The third-order valence-electron chi connectivity index (χ3n) is 3.45. The molecule has 2 bridgehead atoms. The van der Waals surface area contributed by atoms with Crippen LogP contribution in [0.4, 0.5) is 0 Å². The molecule has 0 radical (unpaired) electrons. The maximum atomic E-state index is 11.1. The molecule has 3 aliphatic rings. The van der Waals surface area contributed by atoms with Gasteiger partial charge in [-0.1, -0.05) is 0 Å². The number of rotatable bonds is 0. The maximum Gasteiger partial charge on any atom is 0.136 e. The van der Waals surface area contributed by atoms with Crippen LogP contribution in [-0.4, -0.2) is 5.78 Å². The minimum atomic E-state index is 0.542. The molecule has 9 heavy (non-hydrogen) atoms. The van der Waals surface area contributed by atoms with Gasteiger partial charge in [0, 0.05) is 12.3 Å². The summed E-state index contributed by atoms with van der Waals surface area (Å²) >= 11 is 0. The van der Waals surface area contributed by atoms with Crippen molar-refractivity contribution in [1.82, 2.24) is 0 Å². The smallest absolute Gasteiger partial charge is 0.136 e. The van der Waals surface area contributed by atoms with Gasteiger partial charge in [0.05, 0.1) is 0 Å². The van der Waals surface area contributed by atoms with Gasteiger partial charge in [-0.3, -0.25) is 4.79 Å². The molecular formula is C8H10O. The zero-order valence-corrected chi connectivity index (χ0v) is 5.34. The molecule has 0 unspecified atom stereocenters. The number of hydrogen-bond acceptors (Lipinski definition) is 1. The largest absolute Gasteiger partial charge is 0.299 e. The van der Waals surface area contributed by atoms with E-state index in [1.54, 1.807) is 0 Å². The second-order valence-electron chi connectivity index (χ2n) is 3.84. The predicted octanol–water partition coefficient (Wildman–Crippen LogP) is 1.23. The highest BCUT2D eigenvalue weighted by Gasteiger charge is 2.60. The number of Topliss-reactive ketones (excluding diaryl/α,β-unsaturated/α-hetero) is 1. The Bertz CT molecular complexity index is 185. The lowest BCUT2D eigenvalue weighted by molar-refractivity contribution is -0.122. The molecule has 0 heterocycles. The lowest BCUT2D eigenvalue weighted by Gasteiger charge is -2.04. The van der Waals surface area contributed by atoms with Crippen LogP contribution in [0.15, 0.2) is 0 Å². The molecule has 0 amide bonds. The monoisotopic (exact) mass is 122 g/mol. The summed E-state index contributed by atoms with van der Waals surface area (Å²) in [5.74, 6) is 3.84. The highest BCUT2D eigenvalue weighted by atomic mass is 16.1. The molecule has 0 aromatic heterocycles. The summed E-state index contributed by atoms with van der Waals surface area (Å²) in [7, 11) is 0. The Kier molecular flexibility index (Phi) is 0.544. The normalized spacial score (nSPS) is 60.2. The van der Waals surface area contributed by atoms with E-state index >= 15 is 0 Å². The topological polar surface area (TPSA) is 17.1 Å². The van der Waals surface area contributed by atoms with Crippen molar-refractivity contribution in [2.45, 2.75) is 19.3 Å². The van der Waals surface area contributed by atoms with Crippen molar-refractivity contribution >= 4 is 5.78 Å². The molecule has 0 aliphatic heterocycles. The first-order valence-corrected chi connectivity index (χ1v) is 3.89. The minimum Gasteiger partial charge on any atom is -0.299 e. The van der Waals surface area contributed by atoms with E-state index in [0.717, 1.165) is 24.2 Å². The lowest BCUT2D eigenvalue weighted by Crippen LogP contribution is -2.10. The van der Waals surface area contributed by atoms with Gasteiger partial charge in [0.1, 0.15) is 5.78 Å². The number of hydrogen-bond donors (Lipinski definition) is 0. The first-order chi connectivity index (χ1) is 4.36. The van der Waals surface area contributed by atoms with Crippen LogP contribution in [0.3, 0.4) is 0 Å². The summed E-state index contributed by atoms with van der Waals surface area (Å²) in [5, 5.41) is 0. The van der Waals surface area contributed by atoms with Crippen molar-refractivity contribution in [3.8, 4) is 0 Å². The van der Waals surface area contributed by atoms with Gasteiger partial charge in [0.15, 0.2) is 0 Å². The molecule has 3 saturated carbocycles. The molecule has 3 fully saturated rings. The van der Waals surface area contributed by atoms with Crippen LogP contribution in [0.25, 0.3) is 0 Å². The number of ketones is 1. The van der Waals surface area contributed by atoms with E-state index in [9.17, 15) is 4.79 Å². The first-order valence-electron chi connectivity index (χ1n) is 3.89. The standard InChI is InChI=1S/C8H10O/c9-8-2-4-1-7(8)6-3-5(4)6/h4-7H,1-3H2/t4-,5+,6+,7+/m0/s1. The van der Waals surface area contributed by atoms with E-state index in [1.165, 1.54) is 12.8 Å². The Hall–Kier alpha value is -0.330. The van der Waals surface area contributed by atoms with E-state index in [4.69, 9.17) is 0 Å². The number of fused-ring (bicyclic) bond motifs is 5. The Labute approximate surface area is 54.4 Å². The molecule has 4 atom stereocenters. The Balaban J connectivity index is 2.04. The van der Waals surface area contributed by atoms with Crippen LogP contribution in [0.5, 0.6) is 0 Å². The van der Waals surface area contributed by atoms with Crippen molar-refractivity contribution in [2.24, 2.45) is 23.7 Å². The summed E-state index contributed by atoms with van der Waals surface area (Å²) in [4.78, 5) is 11.1. The molecule has 0 N–H and O–H groups in total. The second-order valence-corrected chi connectivity index (χ2v) is 3.84. The van der Waals surface area contributed by atoms with E-state index in [2.05, 4.69) is 0 Å². The molecule has 1 nitrogen and oxygen atoms in total. The van der Waals surface area contributed by atoms with Crippen molar-refractivity contribution in [1.29, 1.82) is 0 Å². The van der Waals surface area contributed by atoms with Gasteiger partial charge in [0.2, 0.25) is 0 Å². The molecule has 0 aromatic carbocycles. The van der Waals surface area contributed by atoms with Gasteiger partial charge in [-0.15, -0.1) is 0 Å². The SMILES string of the molecule is O=C1C[C@@H]2C[C@@H]1[C@@H]1C[C@H]21. The molecule has 48 valence electrons. The molecule has 1 heteroatoms. The zero-order valence-electron chi connectivity index (χ0n) is 5.34. The van der Waals surface area contributed by atoms with Crippen LogP contribution in [0, 0.1) is 23.7 Å². The van der Waals surface area contributed by atoms with E-state index < -0.39 is 0 Å². The first kappa shape index (κ1) is 4.48. The molecule has 3 rings (SSSR count). The fourth-order valence-electron chi connectivity index (χ4n) is 2.93. The zero-order chi connectivity index (χ0) is 6.01. The quantitative estimate of drug-likeness (QED) is 0.472. The van der Waals surface area contributed by atoms with Crippen LogP contribution < -0.4 is 0 Å². The van der Waals surface area contributed by atoms with Gasteiger partial charge in [0.25, 0.3) is 0 Å². The average molecular weight is 122 g/mol. The Morgan fingerprint density at radius 1 is 1.22 bits per heavy atom. The minimum absolute atomic E-state index is 0.542. The van der Waals surface area contributed by atoms with Crippen LogP contribution in [0.1, 0.15) is 19.3 Å². The fourth-order valence-corrected chi connectivity index (χ4v) is 2.93. The molecule has 0 saturated heterocycles. The van der Waals surface area contributed by atoms with Crippen molar-refractivity contribution in [2.75, 3.05) is 0 Å². The van der Waals surface area contributed by atoms with Crippen LogP contribution in [0.2, 0.25) is 0 Å². The second kappa shape index (κ2) is 1.09. The molecule has 0 aromatic rings. The van der Waals surface area contributed by atoms with Gasteiger partial charge < -0.3 is 0 Å². The van der Waals surface area contributed by atoms with E-state index in [-0.39, 0.29) is 0 Å². The highest BCUT2D eigenvalue weighted by Crippen LogP contribution is 2.64. The molecule has 3 aliphatic carbocycles. The van der Waals surface area contributed by atoms with Crippen LogP contribution in [-0.2, 0) is 4.79 Å². The van der Waals surface area contributed by atoms with Crippen molar-refractivity contribution in [3.63, 3.8) is 0 Å². The summed E-state index contributed by atoms with van der Waals surface area (Å²) in [6, 6.07) is 0. The van der Waals surface area contributed by atoms with Gasteiger partial charge in [-0.2, -0.15) is 0 Å². The summed E-state index contributed by atoms with van der Waals surface area (Å²) in [6.07, 6.45) is 3.58. The van der Waals surface area contributed by atoms with Gasteiger partial charge in [-0.05, 0) is 30.6 Å². The average Bonchev–Trinajstić information content (AvgIpc) is 2.46. The summed E-state index contributed by atoms with van der Waals surface area (Å²) in [5.41, 5.74) is 0. The van der Waals surface area contributed by atoms with Crippen LogP contribution >= 0.6 is 0 Å². The Morgan fingerprint density at radius 3 is 2.67 bits per heavy atom. The van der Waals surface area contributed by atoms with Crippen molar-refractivity contribution in [3.05, 3.63) is 0 Å². The predicted molar refractivity (Wildman–Crippen MR) is 32.8 cm³/mol. The Morgan fingerprint density at radius 2 is 2.11 bits per heavy atom. The van der Waals surface area contributed by atoms with Gasteiger partial charge in [-0.25, -0.2) is 0 Å². The third kappa shape index (κ3) is 0.374. The fraction of sp³-hybridized carbons (Fsp3) is 0.875. The third-order valence-corrected chi connectivity index (χ3v) is 3.45. The highest BCUT2D eigenvalue weighted by molar-refractivity contribution is 5.85. The van der Waals surface area contributed by atoms with Crippen molar-refractivity contribution < 1.29 is 4.79 Å². The number of carbonyl (C=O) groups is 1. The number of carbonyl (C=O) groups excluding carboxylic acids is 1. The lowest BCUT2D eigenvalue weighted by atomic mass is 10.00.